The molecular formula is C19H26N2O3. The van der Waals surface area contributed by atoms with Crippen molar-refractivity contribution in [3.8, 4) is 0 Å². The highest BCUT2D eigenvalue weighted by molar-refractivity contribution is 5.89. The summed E-state index contributed by atoms with van der Waals surface area (Å²) in [6.45, 7) is 1.14. The first-order valence-corrected chi connectivity index (χ1v) is 8.93. The van der Waals surface area contributed by atoms with Gasteiger partial charge < -0.3 is 15.3 Å². The lowest BCUT2D eigenvalue weighted by atomic mass is 9.92. The Balaban J connectivity index is 1.49. The Labute approximate surface area is 143 Å². The summed E-state index contributed by atoms with van der Waals surface area (Å²) in [4.78, 5) is 26.4. The van der Waals surface area contributed by atoms with Crippen LogP contribution in [0.4, 0.5) is 0 Å². The molecular weight excluding hydrogens is 304 g/mol. The highest BCUT2D eigenvalue weighted by Gasteiger charge is 2.35. The molecule has 1 saturated carbocycles. The lowest BCUT2D eigenvalue weighted by Gasteiger charge is -2.29. The molecule has 1 aliphatic carbocycles. The molecule has 0 bridgehead atoms. The highest BCUT2D eigenvalue weighted by atomic mass is 16.3. The maximum atomic E-state index is 12.4. The number of amides is 2. The molecule has 2 fully saturated rings. The lowest BCUT2D eigenvalue weighted by molar-refractivity contribution is -0.129. The van der Waals surface area contributed by atoms with Gasteiger partial charge in [0.2, 0.25) is 11.8 Å². The average Bonchev–Trinajstić information content (AvgIpc) is 2.97. The molecule has 1 aliphatic heterocycles. The number of nitrogens with zero attached hydrogens (tertiary/aromatic N) is 1. The Morgan fingerprint density at radius 2 is 1.96 bits per heavy atom. The molecule has 2 aliphatic rings. The van der Waals surface area contributed by atoms with E-state index >= 15 is 0 Å². The van der Waals surface area contributed by atoms with Gasteiger partial charge in [0.25, 0.3) is 0 Å². The predicted molar refractivity (Wildman–Crippen MR) is 91.2 cm³/mol. The molecule has 0 radical (unpaired) electrons. The third kappa shape index (κ3) is 4.15. The van der Waals surface area contributed by atoms with Gasteiger partial charge in [-0.15, -0.1) is 0 Å². The summed E-state index contributed by atoms with van der Waals surface area (Å²) in [6.07, 6.45) is 4.26. The first kappa shape index (κ1) is 17.0. The van der Waals surface area contributed by atoms with E-state index in [-0.39, 0.29) is 30.2 Å². The molecule has 3 rings (SSSR count). The SMILES string of the molecule is O=C(NC1CCCCC1O)C1CC(=O)N(CCc2ccccc2)C1. The largest absolute Gasteiger partial charge is 0.391 e. The van der Waals surface area contributed by atoms with Gasteiger partial charge in [-0.3, -0.25) is 9.59 Å². The number of aliphatic hydroxyl groups excluding tert-OH is 1. The molecule has 5 nitrogen and oxygen atoms in total. The summed E-state index contributed by atoms with van der Waals surface area (Å²) in [5.41, 5.74) is 1.20. The van der Waals surface area contributed by atoms with Crippen LogP contribution in [0.25, 0.3) is 0 Å². The minimum absolute atomic E-state index is 0.0512. The Bertz CT molecular complexity index is 575. The number of nitrogens with one attached hydrogen (secondary N) is 1. The molecule has 5 heteroatoms. The number of likely N-dealkylation sites (tertiary alicyclic amines) is 1. The van der Waals surface area contributed by atoms with Crippen molar-refractivity contribution < 1.29 is 14.7 Å². The van der Waals surface area contributed by atoms with Gasteiger partial charge in [-0.25, -0.2) is 0 Å². The lowest BCUT2D eigenvalue weighted by Crippen LogP contribution is -2.47. The summed E-state index contributed by atoms with van der Waals surface area (Å²) in [6, 6.07) is 9.91. The minimum Gasteiger partial charge on any atom is -0.391 e. The Kier molecular flexibility index (Phi) is 5.51. The van der Waals surface area contributed by atoms with E-state index in [9.17, 15) is 14.7 Å². The van der Waals surface area contributed by atoms with Crippen LogP contribution in [-0.2, 0) is 16.0 Å². The van der Waals surface area contributed by atoms with E-state index in [1.165, 1.54) is 5.56 Å². The number of hydrogen-bond acceptors (Lipinski definition) is 3. The number of hydrogen-bond donors (Lipinski definition) is 2. The summed E-state index contributed by atoms with van der Waals surface area (Å²) in [5, 5.41) is 12.9. The number of carbonyl (C=O) groups excluding carboxylic acids is 2. The fourth-order valence-corrected chi connectivity index (χ4v) is 3.65. The molecule has 2 amide bonds. The van der Waals surface area contributed by atoms with Crippen LogP contribution in [0.5, 0.6) is 0 Å². The van der Waals surface area contributed by atoms with Crippen molar-refractivity contribution in [1.29, 1.82) is 0 Å². The topological polar surface area (TPSA) is 69.6 Å². The van der Waals surface area contributed by atoms with Crippen molar-refractivity contribution in [2.45, 2.75) is 50.7 Å². The predicted octanol–water partition coefficient (Wildman–Crippen LogP) is 1.50. The van der Waals surface area contributed by atoms with Crippen LogP contribution in [0, 0.1) is 5.92 Å². The van der Waals surface area contributed by atoms with E-state index in [1.54, 1.807) is 4.90 Å². The normalized spacial score (nSPS) is 27.3. The highest BCUT2D eigenvalue weighted by Crippen LogP contribution is 2.22. The first-order valence-electron chi connectivity index (χ1n) is 8.93. The van der Waals surface area contributed by atoms with Gasteiger partial charge in [0, 0.05) is 19.5 Å². The summed E-state index contributed by atoms with van der Waals surface area (Å²) >= 11 is 0. The zero-order valence-electron chi connectivity index (χ0n) is 14.0. The standard InChI is InChI=1S/C19H26N2O3/c22-17-9-5-4-8-16(17)20-19(24)15-12-18(23)21(13-15)11-10-14-6-2-1-3-7-14/h1-3,6-7,15-17,22H,4-5,8-13H2,(H,20,24). The van der Waals surface area contributed by atoms with Gasteiger partial charge in [0.15, 0.2) is 0 Å². The van der Waals surface area contributed by atoms with E-state index in [0.29, 0.717) is 13.1 Å². The van der Waals surface area contributed by atoms with Crippen molar-refractivity contribution >= 4 is 11.8 Å². The Morgan fingerprint density at radius 1 is 1.21 bits per heavy atom. The van der Waals surface area contributed by atoms with Crippen LogP contribution in [0.15, 0.2) is 30.3 Å². The Hall–Kier alpha value is -1.88. The number of carbonyl (C=O) groups is 2. The van der Waals surface area contributed by atoms with E-state index < -0.39 is 6.10 Å². The van der Waals surface area contributed by atoms with Gasteiger partial charge >= 0.3 is 0 Å². The summed E-state index contributed by atoms with van der Waals surface area (Å²) < 4.78 is 0. The van der Waals surface area contributed by atoms with Gasteiger partial charge in [-0.2, -0.15) is 0 Å². The van der Waals surface area contributed by atoms with E-state index in [0.717, 1.165) is 32.1 Å². The molecule has 3 unspecified atom stereocenters. The molecule has 1 aromatic rings. The van der Waals surface area contributed by atoms with E-state index in [2.05, 4.69) is 17.4 Å². The van der Waals surface area contributed by atoms with Crippen LogP contribution >= 0.6 is 0 Å². The van der Waals surface area contributed by atoms with Crippen molar-refractivity contribution in [3.05, 3.63) is 35.9 Å². The average molecular weight is 330 g/mol. The summed E-state index contributed by atoms with van der Waals surface area (Å²) in [5.74, 6) is -0.325. The van der Waals surface area contributed by atoms with Crippen LogP contribution in [-0.4, -0.2) is 47.1 Å². The second kappa shape index (κ2) is 7.79. The van der Waals surface area contributed by atoms with E-state index in [1.807, 2.05) is 18.2 Å². The fourth-order valence-electron chi connectivity index (χ4n) is 3.65. The fraction of sp³-hybridized carbons (Fsp3) is 0.579. The first-order chi connectivity index (χ1) is 11.6. The molecule has 2 N–H and O–H groups in total. The molecule has 1 saturated heterocycles. The van der Waals surface area contributed by atoms with Crippen LogP contribution in [0.2, 0.25) is 0 Å². The zero-order chi connectivity index (χ0) is 16.9. The smallest absolute Gasteiger partial charge is 0.225 e. The maximum absolute atomic E-state index is 12.4. The molecule has 0 aromatic heterocycles. The van der Waals surface area contributed by atoms with Gasteiger partial charge in [0.05, 0.1) is 18.1 Å². The van der Waals surface area contributed by atoms with Crippen LogP contribution in [0.3, 0.4) is 0 Å². The van der Waals surface area contributed by atoms with Crippen LogP contribution < -0.4 is 5.32 Å². The van der Waals surface area contributed by atoms with Gasteiger partial charge in [0.1, 0.15) is 0 Å². The number of aliphatic hydroxyl groups is 1. The van der Waals surface area contributed by atoms with Crippen molar-refractivity contribution in [2.75, 3.05) is 13.1 Å². The molecule has 24 heavy (non-hydrogen) atoms. The summed E-state index contributed by atoms with van der Waals surface area (Å²) in [7, 11) is 0. The second-order valence-electron chi connectivity index (χ2n) is 6.94. The quantitative estimate of drug-likeness (QED) is 0.859. The van der Waals surface area contributed by atoms with Crippen LogP contribution in [0.1, 0.15) is 37.7 Å². The second-order valence-corrected chi connectivity index (χ2v) is 6.94. The molecule has 0 spiro atoms. The number of rotatable bonds is 5. The third-order valence-electron chi connectivity index (χ3n) is 5.16. The number of benzene rings is 1. The van der Waals surface area contributed by atoms with Crippen molar-refractivity contribution in [1.82, 2.24) is 10.2 Å². The van der Waals surface area contributed by atoms with E-state index in [4.69, 9.17) is 0 Å². The molecule has 130 valence electrons. The van der Waals surface area contributed by atoms with Gasteiger partial charge in [-0.1, -0.05) is 43.2 Å². The molecule has 1 heterocycles. The molecule has 1 aromatic carbocycles. The third-order valence-corrected chi connectivity index (χ3v) is 5.16. The zero-order valence-corrected chi connectivity index (χ0v) is 14.0. The Morgan fingerprint density at radius 3 is 2.71 bits per heavy atom. The van der Waals surface area contributed by atoms with Crippen molar-refractivity contribution in [2.24, 2.45) is 5.92 Å². The van der Waals surface area contributed by atoms with Gasteiger partial charge in [-0.05, 0) is 24.8 Å². The maximum Gasteiger partial charge on any atom is 0.225 e. The van der Waals surface area contributed by atoms with Crippen molar-refractivity contribution in [3.63, 3.8) is 0 Å². The molecule has 3 atom stereocenters. The monoisotopic (exact) mass is 330 g/mol. The minimum atomic E-state index is -0.450.